The molecule has 0 saturated heterocycles. The molecule has 10 heteroatoms. The van der Waals surface area contributed by atoms with E-state index in [9.17, 15) is 0 Å². The number of hydrogen-bond acceptors (Lipinski definition) is 6. The highest BCUT2D eigenvalue weighted by molar-refractivity contribution is 6.56. The SMILES string of the molecule is CC(Oc1ccc(Oc2ccc(Oc3c(/C=N/OCCCl)c(C)nn3C)cc2)cc1)=C(Cl)Cl. The van der Waals surface area contributed by atoms with E-state index in [0.29, 0.717) is 47.1 Å². The van der Waals surface area contributed by atoms with Crippen molar-refractivity contribution >= 4 is 41.0 Å². The molecule has 174 valence electrons. The minimum absolute atomic E-state index is 0.0815. The summed E-state index contributed by atoms with van der Waals surface area (Å²) in [6.45, 7) is 3.87. The Balaban J connectivity index is 1.65. The van der Waals surface area contributed by atoms with E-state index in [1.807, 2.05) is 6.92 Å². The zero-order valence-corrected chi connectivity index (χ0v) is 20.5. The number of allylic oxidation sites excluding steroid dienone is 1. The number of ether oxygens (including phenoxy) is 3. The number of benzene rings is 2. The molecule has 0 aliphatic heterocycles. The molecule has 2 aromatic carbocycles. The first-order valence-corrected chi connectivity index (χ1v) is 11.2. The largest absolute Gasteiger partial charge is 0.460 e. The summed E-state index contributed by atoms with van der Waals surface area (Å²) in [4.78, 5) is 5.07. The Morgan fingerprint density at radius 2 is 1.52 bits per heavy atom. The summed E-state index contributed by atoms with van der Waals surface area (Å²) in [5.41, 5.74) is 1.48. The summed E-state index contributed by atoms with van der Waals surface area (Å²) in [7, 11) is 1.79. The standard InChI is InChI=1S/C23H22Cl3N3O4/c1-15-21(14-27-30-13-12-24)23(29(3)28-15)33-20-10-8-19(9-11-20)32-18-6-4-17(5-7-18)31-16(2)22(25)26/h4-11,14H,12-13H2,1-3H3/b27-14+. The number of hydrogen-bond donors (Lipinski definition) is 0. The van der Waals surface area contributed by atoms with Crippen LogP contribution in [0.4, 0.5) is 0 Å². The zero-order valence-electron chi connectivity index (χ0n) is 18.2. The van der Waals surface area contributed by atoms with Crippen LogP contribution in [0.2, 0.25) is 0 Å². The van der Waals surface area contributed by atoms with Gasteiger partial charge in [-0.25, -0.2) is 4.68 Å². The molecule has 0 unspecified atom stereocenters. The van der Waals surface area contributed by atoms with Crippen LogP contribution in [0.15, 0.2) is 63.9 Å². The van der Waals surface area contributed by atoms with Crippen molar-refractivity contribution in [3.8, 4) is 28.9 Å². The molecular formula is C23H22Cl3N3O4. The normalized spacial score (nSPS) is 10.8. The zero-order chi connectivity index (χ0) is 23.8. The average molecular weight is 511 g/mol. The van der Waals surface area contributed by atoms with Crippen LogP contribution in [-0.2, 0) is 11.9 Å². The van der Waals surface area contributed by atoms with Crippen molar-refractivity contribution in [2.45, 2.75) is 13.8 Å². The highest BCUT2D eigenvalue weighted by Gasteiger charge is 2.14. The van der Waals surface area contributed by atoms with Crippen molar-refractivity contribution in [1.82, 2.24) is 9.78 Å². The van der Waals surface area contributed by atoms with Crippen LogP contribution < -0.4 is 14.2 Å². The third-order valence-corrected chi connectivity index (χ3v) is 4.96. The van der Waals surface area contributed by atoms with E-state index in [4.69, 9.17) is 53.9 Å². The lowest BCUT2D eigenvalue weighted by Crippen LogP contribution is -1.97. The van der Waals surface area contributed by atoms with E-state index in [1.165, 1.54) is 0 Å². The molecule has 0 fully saturated rings. The Kier molecular flexibility index (Phi) is 8.88. The lowest BCUT2D eigenvalue weighted by molar-refractivity contribution is 0.162. The molecule has 0 atom stereocenters. The van der Waals surface area contributed by atoms with Crippen molar-refractivity contribution in [3.63, 3.8) is 0 Å². The van der Waals surface area contributed by atoms with E-state index >= 15 is 0 Å². The summed E-state index contributed by atoms with van der Waals surface area (Å²) in [5.74, 6) is 3.83. The van der Waals surface area contributed by atoms with E-state index in [-0.39, 0.29) is 4.49 Å². The highest BCUT2D eigenvalue weighted by atomic mass is 35.5. The number of nitrogens with zero attached hydrogens (tertiary/aromatic N) is 3. The molecule has 0 bridgehead atoms. The molecule has 0 spiro atoms. The maximum absolute atomic E-state index is 6.02. The van der Waals surface area contributed by atoms with Crippen LogP contribution in [0, 0.1) is 6.92 Å². The van der Waals surface area contributed by atoms with Crippen molar-refractivity contribution in [2.24, 2.45) is 12.2 Å². The monoisotopic (exact) mass is 509 g/mol. The smallest absolute Gasteiger partial charge is 0.226 e. The van der Waals surface area contributed by atoms with Gasteiger partial charge in [0.25, 0.3) is 0 Å². The number of aryl methyl sites for hydroxylation is 2. The molecule has 0 radical (unpaired) electrons. The van der Waals surface area contributed by atoms with Gasteiger partial charge in [0.2, 0.25) is 5.88 Å². The summed E-state index contributed by atoms with van der Waals surface area (Å²) >= 11 is 17.0. The van der Waals surface area contributed by atoms with E-state index in [1.54, 1.807) is 73.4 Å². The summed E-state index contributed by atoms with van der Waals surface area (Å²) < 4.78 is 19.1. The molecule has 0 saturated carbocycles. The van der Waals surface area contributed by atoms with Crippen molar-refractivity contribution in [2.75, 3.05) is 12.5 Å². The second-order valence-electron chi connectivity index (χ2n) is 6.75. The van der Waals surface area contributed by atoms with Crippen molar-refractivity contribution < 1.29 is 19.0 Å². The second kappa shape index (κ2) is 11.8. The molecule has 1 aromatic heterocycles. The fourth-order valence-corrected chi connectivity index (χ4v) is 2.86. The lowest BCUT2D eigenvalue weighted by Gasteiger charge is -2.10. The number of oxime groups is 1. The molecule has 3 rings (SSSR count). The van der Waals surface area contributed by atoms with Gasteiger partial charge in [0.05, 0.1) is 23.4 Å². The van der Waals surface area contributed by atoms with Crippen LogP contribution in [0.25, 0.3) is 0 Å². The van der Waals surface area contributed by atoms with Crippen LogP contribution >= 0.6 is 34.8 Å². The molecule has 0 amide bonds. The summed E-state index contributed by atoms with van der Waals surface area (Å²) in [5, 5.41) is 8.29. The maximum Gasteiger partial charge on any atom is 0.226 e. The molecule has 0 N–H and O–H groups in total. The van der Waals surface area contributed by atoms with E-state index < -0.39 is 0 Å². The lowest BCUT2D eigenvalue weighted by atomic mass is 10.2. The highest BCUT2D eigenvalue weighted by Crippen LogP contribution is 2.30. The van der Waals surface area contributed by atoms with Gasteiger partial charge in [-0.3, -0.25) is 0 Å². The van der Waals surface area contributed by atoms with Gasteiger partial charge in [-0.15, -0.1) is 11.6 Å². The molecule has 0 aliphatic carbocycles. The van der Waals surface area contributed by atoms with Crippen molar-refractivity contribution in [3.05, 3.63) is 70.0 Å². The van der Waals surface area contributed by atoms with Gasteiger partial charge in [-0.2, -0.15) is 5.10 Å². The van der Waals surface area contributed by atoms with Gasteiger partial charge in [0, 0.05) is 7.05 Å². The first-order valence-electron chi connectivity index (χ1n) is 9.88. The third-order valence-electron chi connectivity index (χ3n) is 4.27. The maximum atomic E-state index is 6.02. The number of rotatable bonds is 10. The first-order chi connectivity index (χ1) is 15.9. The number of alkyl halides is 1. The molecule has 33 heavy (non-hydrogen) atoms. The van der Waals surface area contributed by atoms with Gasteiger partial charge in [-0.05, 0) is 62.4 Å². The third kappa shape index (κ3) is 7.05. The fraction of sp³-hybridized carbons (Fsp3) is 0.217. The van der Waals surface area contributed by atoms with Gasteiger partial charge >= 0.3 is 0 Å². The quantitative estimate of drug-likeness (QED) is 0.0970. The van der Waals surface area contributed by atoms with Crippen LogP contribution in [0.5, 0.6) is 28.9 Å². The Hall–Kier alpha value is -2.87. The first kappa shape index (κ1) is 24.8. The van der Waals surface area contributed by atoms with Crippen LogP contribution in [0.3, 0.4) is 0 Å². The Morgan fingerprint density at radius 1 is 0.970 bits per heavy atom. The summed E-state index contributed by atoms with van der Waals surface area (Å²) in [6, 6.07) is 14.3. The molecular weight excluding hydrogens is 489 g/mol. The van der Waals surface area contributed by atoms with Gasteiger partial charge in [-0.1, -0.05) is 28.4 Å². The number of halogens is 3. The Labute approximate surface area is 207 Å². The van der Waals surface area contributed by atoms with Gasteiger partial charge in [0.15, 0.2) is 0 Å². The Morgan fingerprint density at radius 3 is 2.06 bits per heavy atom. The Bertz CT molecular complexity index is 1120. The molecule has 7 nitrogen and oxygen atoms in total. The van der Waals surface area contributed by atoms with E-state index in [0.717, 1.165) is 11.3 Å². The average Bonchev–Trinajstić information content (AvgIpc) is 3.06. The predicted molar refractivity (Wildman–Crippen MR) is 130 cm³/mol. The molecule has 1 heterocycles. The number of aromatic nitrogens is 2. The minimum atomic E-state index is 0.0815. The predicted octanol–water partition coefficient (Wildman–Crippen LogP) is 6.95. The van der Waals surface area contributed by atoms with Crippen LogP contribution in [-0.4, -0.2) is 28.5 Å². The second-order valence-corrected chi connectivity index (χ2v) is 8.08. The molecule has 0 aliphatic rings. The van der Waals surface area contributed by atoms with E-state index in [2.05, 4.69) is 10.3 Å². The van der Waals surface area contributed by atoms with Gasteiger partial charge in [0.1, 0.15) is 39.9 Å². The molecule has 3 aromatic rings. The fourth-order valence-electron chi connectivity index (χ4n) is 2.71. The van der Waals surface area contributed by atoms with Crippen molar-refractivity contribution in [1.29, 1.82) is 0 Å². The van der Waals surface area contributed by atoms with Gasteiger partial charge < -0.3 is 19.0 Å². The van der Waals surface area contributed by atoms with Crippen LogP contribution in [0.1, 0.15) is 18.2 Å². The topological polar surface area (TPSA) is 67.1 Å². The minimum Gasteiger partial charge on any atom is -0.460 e. The summed E-state index contributed by atoms with van der Waals surface area (Å²) in [6.07, 6.45) is 1.56.